The maximum Gasteiger partial charge on any atom is 0.224 e. The smallest absolute Gasteiger partial charge is 0.224 e. The van der Waals surface area contributed by atoms with E-state index in [1.54, 1.807) is 4.90 Å². The summed E-state index contributed by atoms with van der Waals surface area (Å²) in [6.45, 7) is 8.03. The quantitative estimate of drug-likeness (QED) is 0.629. The molecule has 1 atom stereocenters. The van der Waals surface area contributed by atoms with E-state index >= 15 is 0 Å². The first-order valence-corrected chi connectivity index (χ1v) is 10.8. The zero-order chi connectivity index (χ0) is 20.8. The van der Waals surface area contributed by atoms with Crippen LogP contribution in [0.4, 0.5) is 0 Å². The Morgan fingerprint density at radius 1 is 1.10 bits per heavy atom. The zero-order valence-corrected chi connectivity index (χ0v) is 17.7. The van der Waals surface area contributed by atoms with Crippen LogP contribution in [0, 0.1) is 19.8 Å². The van der Waals surface area contributed by atoms with Crippen LogP contribution in [0.2, 0.25) is 0 Å². The van der Waals surface area contributed by atoms with Crippen molar-refractivity contribution in [2.24, 2.45) is 5.92 Å². The first-order chi connectivity index (χ1) is 13.9. The van der Waals surface area contributed by atoms with E-state index in [1.807, 2.05) is 29.5 Å². The van der Waals surface area contributed by atoms with E-state index in [4.69, 9.17) is 0 Å². The zero-order valence-electron chi connectivity index (χ0n) is 17.7. The number of hydrogen-bond donors (Lipinski definition) is 1. The van der Waals surface area contributed by atoms with Gasteiger partial charge in [0, 0.05) is 57.8 Å². The molecule has 2 aliphatic heterocycles. The number of rotatable bonds is 9. The molecular weight excluding hydrogens is 370 g/mol. The first kappa shape index (κ1) is 21.3. The van der Waals surface area contributed by atoms with Crippen LogP contribution in [0.3, 0.4) is 0 Å². The summed E-state index contributed by atoms with van der Waals surface area (Å²) in [5, 5.41) is 7.45. The largest absolute Gasteiger partial charge is 0.356 e. The van der Waals surface area contributed by atoms with Crippen molar-refractivity contribution in [3.8, 4) is 0 Å². The Bertz CT molecular complexity index is 745. The molecule has 2 aliphatic rings. The van der Waals surface area contributed by atoms with E-state index < -0.39 is 0 Å². The van der Waals surface area contributed by atoms with E-state index in [0.717, 1.165) is 43.7 Å². The van der Waals surface area contributed by atoms with Crippen LogP contribution in [0.1, 0.15) is 49.9 Å². The Morgan fingerprint density at radius 3 is 2.55 bits per heavy atom. The van der Waals surface area contributed by atoms with E-state index in [0.29, 0.717) is 45.4 Å². The molecule has 1 aromatic heterocycles. The molecule has 0 saturated carbocycles. The van der Waals surface area contributed by atoms with Gasteiger partial charge in [-0.2, -0.15) is 5.10 Å². The molecule has 0 radical (unpaired) electrons. The van der Waals surface area contributed by atoms with Gasteiger partial charge in [-0.15, -0.1) is 0 Å². The van der Waals surface area contributed by atoms with Gasteiger partial charge in [-0.05, 0) is 45.6 Å². The maximum absolute atomic E-state index is 12.5. The van der Waals surface area contributed by atoms with Gasteiger partial charge >= 0.3 is 0 Å². The van der Waals surface area contributed by atoms with Gasteiger partial charge < -0.3 is 15.1 Å². The number of aryl methyl sites for hydroxylation is 3. The van der Waals surface area contributed by atoms with E-state index in [-0.39, 0.29) is 23.6 Å². The third-order valence-electron chi connectivity index (χ3n) is 5.85. The van der Waals surface area contributed by atoms with Gasteiger partial charge in [0.05, 0.1) is 11.6 Å². The van der Waals surface area contributed by atoms with E-state index in [1.165, 1.54) is 0 Å². The Labute approximate surface area is 172 Å². The van der Waals surface area contributed by atoms with Crippen molar-refractivity contribution < 1.29 is 14.4 Å². The van der Waals surface area contributed by atoms with Gasteiger partial charge in [-0.25, -0.2) is 0 Å². The van der Waals surface area contributed by atoms with Crippen molar-refractivity contribution >= 4 is 17.7 Å². The second-order valence-electron chi connectivity index (χ2n) is 8.21. The molecule has 2 saturated heterocycles. The summed E-state index contributed by atoms with van der Waals surface area (Å²) in [6, 6.07) is 2.05. The van der Waals surface area contributed by atoms with Crippen LogP contribution in [0.5, 0.6) is 0 Å². The molecule has 160 valence electrons. The molecule has 29 heavy (non-hydrogen) atoms. The third-order valence-corrected chi connectivity index (χ3v) is 5.85. The topological polar surface area (TPSA) is 87.5 Å². The molecule has 3 rings (SSSR count). The molecule has 0 bridgehead atoms. The van der Waals surface area contributed by atoms with Crippen LogP contribution >= 0.6 is 0 Å². The average Bonchev–Trinajstić information content (AvgIpc) is 3.24. The summed E-state index contributed by atoms with van der Waals surface area (Å²) in [4.78, 5) is 40.1. The Hall–Kier alpha value is -2.38. The van der Waals surface area contributed by atoms with Crippen molar-refractivity contribution in [3.63, 3.8) is 0 Å². The highest BCUT2D eigenvalue weighted by Gasteiger charge is 2.30. The Morgan fingerprint density at radius 2 is 1.86 bits per heavy atom. The van der Waals surface area contributed by atoms with Crippen LogP contribution in [0.25, 0.3) is 0 Å². The predicted octanol–water partition coefficient (Wildman–Crippen LogP) is 1.26. The number of amides is 3. The highest BCUT2D eigenvalue weighted by Crippen LogP contribution is 2.19. The lowest BCUT2D eigenvalue weighted by Crippen LogP contribution is -2.46. The summed E-state index contributed by atoms with van der Waals surface area (Å²) in [5.74, 6) is 0.222. The lowest BCUT2D eigenvalue weighted by Gasteiger charge is -2.32. The molecule has 0 spiro atoms. The molecule has 1 unspecified atom stereocenters. The molecule has 8 nitrogen and oxygen atoms in total. The minimum absolute atomic E-state index is 0.0330. The molecular formula is C21H33N5O3. The number of carbonyl (C=O) groups is 3. The minimum atomic E-state index is -0.144. The van der Waals surface area contributed by atoms with Crippen molar-refractivity contribution in [2.75, 3.05) is 32.7 Å². The first-order valence-electron chi connectivity index (χ1n) is 10.8. The summed E-state index contributed by atoms with van der Waals surface area (Å²) in [7, 11) is 0. The number of nitrogens with zero attached hydrogens (tertiary/aromatic N) is 4. The van der Waals surface area contributed by atoms with Crippen LogP contribution in [0.15, 0.2) is 6.07 Å². The van der Waals surface area contributed by atoms with E-state index in [2.05, 4.69) is 10.4 Å². The fourth-order valence-electron chi connectivity index (χ4n) is 4.22. The molecule has 1 aromatic rings. The summed E-state index contributed by atoms with van der Waals surface area (Å²) in [5.41, 5.74) is 2.14. The van der Waals surface area contributed by atoms with Gasteiger partial charge in [0.2, 0.25) is 17.7 Å². The lowest BCUT2D eigenvalue weighted by molar-refractivity contribution is -0.138. The third kappa shape index (κ3) is 5.81. The van der Waals surface area contributed by atoms with Crippen LogP contribution in [-0.4, -0.2) is 70.0 Å². The Balaban J connectivity index is 1.37. The minimum Gasteiger partial charge on any atom is -0.356 e. The second-order valence-corrected chi connectivity index (χ2v) is 8.21. The van der Waals surface area contributed by atoms with Crippen LogP contribution in [-0.2, 0) is 20.9 Å². The monoisotopic (exact) mass is 403 g/mol. The predicted molar refractivity (Wildman–Crippen MR) is 109 cm³/mol. The fraction of sp³-hybridized carbons (Fsp3) is 0.714. The Kier molecular flexibility index (Phi) is 7.28. The molecule has 3 heterocycles. The van der Waals surface area contributed by atoms with Crippen molar-refractivity contribution in [2.45, 2.75) is 58.9 Å². The average molecular weight is 404 g/mol. The highest BCUT2D eigenvalue weighted by atomic mass is 16.2. The number of carbonyl (C=O) groups excluding carboxylic acids is 3. The lowest BCUT2D eigenvalue weighted by atomic mass is 9.96. The normalized spacial score (nSPS) is 19.9. The van der Waals surface area contributed by atoms with Gasteiger partial charge in [0.25, 0.3) is 0 Å². The molecule has 2 fully saturated rings. The number of nitrogens with one attached hydrogen (secondary N) is 1. The number of aromatic nitrogens is 2. The standard InChI is InChI=1S/C21H33N5O3/c1-16-14-17(2)26(23-16)13-4-9-22-21(29)18-7-8-20(28)25(15-18)12-5-11-24-10-3-6-19(24)27/h14,18H,3-13,15H2,1-2H3,(H,22,29). The van der Waals surface area contributed by atoms with E-state index in [9.17, 15) is 14.4 Å². The van der Waals surface area contributed by atoms with Gasteiger partial charge in [0.15, 0.2) is 0 Å². The number of piperidine rings is 1. The van der Waals surface area contributed by atoms with Crippen LogP contribution < -0.4 is 5.32 Å². The highest BCUT2D eigenvalue weighted by molar-refractivity contribution is 5.83. The number of likely N-dealkylation sites (tertiary alicyclic amines) is 2. The van der Waals surface area contributed by atoms with Crippen molar-refractivity contribution in [1.82, 2.24) is 24.9 Å². The fourth-order valence-corrected chi connectivity index (χ4v) is 4.22. The summed E-state index contributed by atoms with van der Waals surface area (Å²) in [6.07, 6.45) is 4.21. The number of hydrogen-bond acceptors (Lipinski definition) is 4. The molecule has 3 amide bonds. The summed E-state index contributed by atoms with van der Waals surface area (Å²) < 4.78 is 1.97. The van der Waals surface area contributed by atoms with Gasteiger partial charge in [-0.3, -0.25) is 19.1 Å². The molecule has 1 N–H and O–H groups in total. The summed E-state index contributed by atoms with van der Waals surface area (Å²) >= 11 is 0. The molecule has 0 aliphatic carbocycles. The molecule has 8 heteroatoms. The second kappa shape index (κ2) is 9.89. The maximum atomic E-state index is 12.5. The molecule has 0 aromatic carbocycles. The van der Waals surface area contributed by atoms with Crippen molar-refractivity contribution in [3.05, 3.63) is 17.5 Å². The van der Waals surface area contributed by atoms with Gasteiger partial charge in [-0.1, -0.05) is 0 Å². The van der Waals surface area contributed by atoms with Gasteiger partial charge in [0.1, 0.15) is 0 Å². The SMILES string of the molecule is Cc1cc(C)n(CCCNC(=O)C2CCC(=O)N(CCCN3CCCC3=O)C2)n1. The van der Waals surface area contributed by atoms with Crippen molar-refractivity contribution in [1.29, 1.82) is 0 Å².